The van der Waals surface area contributed by atoms with Gasteiger partial charge in [0.15, 0.2) is 0 Å². The van der Waals surface area contributed by atoms with Crippen LogP contribution < -0.4 is 10.1 Å². The molecule has 0 radical (unpaired) electrons. The minimum Gasteiger partial charge on any atom is -0.496 e. The molecule has 3 rings (SSSR count). The Morgan fingerprint density at radius 1 is 0.963 bits per heavy atom. The fourth-order valence-electron chi connectivity index (χ4n) is 3.43. The van der Waals surface area contributed by atoms with E-state index in [0.29, 0.717) is 0 Å². The maximum atomic E-state index is 11.6. The first-order valence-electron chi connectivity index (χ1n) is 9.20. The summed E-state index contributed by atoms with van der Waals surface area (Å²) in [6, 6.07) is 16.9. The number of benzene rings is 3. The molecule has 0 heterocycles. The summed E-state index contributed by atoms with van der Waals surface area (Å²) in [6.45, 7) is 10.1. The van der Waals surface area contributed by atoms with Gasteiger partial charge in [0.1, 0.15) is 5.75 Å². The van der Waals surface area contributed by atoms with Crippen LogP contribution in [0.3, 0.4) is 0 Å². The van der Waals surface area contributed by atoms with Crippen LogP contribution in [0.15, 0.2) is 48.5 Å². The van der Waals surface area contributed by atoms with E-state index in [0.717, 1.165) is 28.1 Å². The molecule has 3 nitrogen and oxygen atoms in total. The molecule has 0 aromatic heterocycles. The molecule has 0 spiro atoms. The average molecular weight is 361 g/mol. The van der Waals surface area contributed by atoms with Crippen LogP contribution in [-0.4, -0.2) is 13.0 Å². The van der Waals surface area contributed by atoms with Crippen molar-refractivity contribution in [3.63, 3.8) is 0 Å². The van der Waals surface area contributed by atoms with E-state index in [1.165, 1.54) is 23.3 Å². The van der Waals surface area contributed by atoms with Crippen molar-refractivity contribution >= 4 is 22.4 Å². The van der Waals surface area contributed by atoms with E-state index in [1.54, 1.807) is 7.11 Å². The number of amides is 1. The molecule has 0 aliphatic rings. The zero-order valence-electron chi connectivity index (χ0n) is 16.9. The van der Waals surface area contributed by atoms with Crippen LogP contribution in [0, 0.1) is 6.92 Å². The van der Waals surface area contributed by atoms with E-state index < -0.39 is 0 Å². The number of hydrogen-bond donors (Lipinski definition) is 1. The van der Waals surface area contributed by atoms with Crippen molar-refractivity contribution in [2.45, 2.75) is 40.0 Å². The number of methoxy groups -OCH3 is 1. The minimum atomic E-state index is -0.122. The number of rotatable bonds is 3. The Hall–Kier alpha value is -2.81. The number of aryl methyl sites for hydroxylation is 1. The molecule has 1 amide bonds. The SMILES string of the molecule is COc1c(-c2ccc3cc(C)ccc3c2)cc(NC(C)=O)cc1C(C)(C)C. The number of carbonyl (C=O) groups is 1. The lowest BCUT2D eigenvalue weighted by atomic mass is 9.83. The third-order valence-corrected chi connectivity index (χ3v) is 4.73. The zero-order valence-corrected chi connectivity index (χ0v) is 16.9. The summed E-state index contributed by atoms with van der Waals surface area (Å²) in [5, 5.41) is 5.33. The second-order valence-corrected chi connectivity index (χ2v) is 8.10. The van der Waals surface area contributed by atoms with Gasteiger partial charge >= 0.3 is 0 Å². The molecule has 0 fully saturated rings. The van der Waals surface area contributed by atoms with Crippen LogP contribution in [-0.2, 0) is 10.2 Å². The molecule has 0 unspecified atom stereocenters. The average Bonchev–Trinajstić information content (AvgIpc) is 2.59. The summed E-state index contributed by atoms with van der Waals surface area (Å²) < 4.78 is 5.84. The highest BCUT2D eigenvalue weighted by molar-refractivity contribution is 5.93. The maximum absolute atomic E-state index is 11.6. The molecule has 3 aromatic rings. The van der Waals surface area contributed by atoms with Gasteiger partial charge in [-0.2, -0.15) is 0 Å². The first-order valence-corrected chi connectivity index (χ1v) is 9.20. The summed E-state index contributed by atoms with van der Waals surface area (Å²) in [7, 11) is 1.70. The van der Waals surface area contributed by atoms with E-state index in [-0.39, 0.29) is 11.3 Å². The Kier molecular flexibility index (Phi) is 4.97. The maximum Gasteiger partial charge on any atom is 0.221 e. The number of nitrogens with one attached hydrogen (secondary N) is 1. The van der Waals surface area contributed by atoms with Crippen molar-refractivity contribution in [2.24, 2.45) is 0 Å². The first kappa shape index (κ1) is 19.0. The van der Waals surface area contributed by atoms with Crippen LogP contribution in [0.4, 0.5) is 5.69 Å². The van der Waals surface area contributed by atoms with Crippen LogP contribution in [0.1, 0.15) is 38.8 Å². The molecule has 140 valence electrons. The van der Waals surface area contributed by atoms with Gasteiger partial charge in [-0.1, -0.05) is 56.7 Å². The van der Waals surface area contributed by atoms with Gasteiger partial charge in [-0.05, 0) is 46.9 Å². The normalized spacial score (nSPS) is 11.5. The molecular formula is C24H27NO2. The Morgan fingerprint density at radius 2 is 1.63 bits per heavy atom. The van der Waals surface area contributed by atoms with Crippen LogP contribution in [0.5, 0.6) is 5.75 Å². The van der Waals surface area contributed by atoms with Gasteiger partial charge in [0.25, 0.3) is 0 Å². The number of anilines is 1. The van der Waals surface area contributed by atoms with Crippen LogP contribution >= 0.6 is 0 Å². The highest BCUT2D eigenvalue weighted by Crippen LogP contribution is 2.42. The van der Waals surface area contributed by atoms with E-state index in [4.69, 9.17) is 4.74 Å². The fraction of sp³-hybridized carbons (Fsp3) is 0.292. The van der Waals surface area contributed by atoms with E-state index >= 15 is 0 Å². The summed E-state index contributed by atoms with van der Waals surface area (Å²) in [6.07, 6.45) is 0. The van der Waals surface area contributed by atoms with Gasteiger partial charge in [0, 0.05) is 23.7 Å². The lowest BCUT2D eigenvalue weighted by molar-refractivity contribution is -0.114. The van der Waals surface area contributed by atoms with Gasteiger partial charge < -0.3 is 10.1 Å². The highest BCUT2D eigenvalue weighted by Gasteiger charge is 2.23. The molecule has 27 heavy (non-hydrogen) atoms. The Bertz CT molecular complexity index is 1010. The second-order valence-electron chi connectivity index (χ2n) is 8.10. The van der Waals surface area contributed by atoms with Crippen LogP contribution in [0.25, 0.3) is 21.9 Å². The van der Waals surface area contributed by atoms with Gasteiger partial charge in [0.05, 0.1) is 7.11 Å². The lowest BCUT2D eigenvalue weighted by Crippen LogP contribution is -2.15. The van der Waals surface area contributed by atoms with E-state index in [2.05, 4.69) is 69.4 Å². The molecule has 0 bridgehead atoms. The summed E-state index contributed by atoms with van der Waals surface area (Å²) >= 11 is 0. The van der Waals surface area contributed by atoms with Crippen molar-refractivity contribution < 1.29 is 9.53 Å². The van der Waals surface area contributed by atoms with Crippen molar-refractivity contribution in [3.05, 3.63) is 59.7 Å². The number of carbonyl (C=O) groups excluding carboxylic acids is 1. The number of hydrogen-bond acceptors (Lipinski definition) is 2. The highest BCUT2D eigenvalue weighted by atomic mass is 16.5. The van der Waals surface area contributed by atoms with Gasteiger partial charge in [-0.3, -0.25) is 4.79 Å². The largest absolute Gasteiger partial charge is 0.496 e. The third-order valence-electron chi connectivity index (χ3n) is 4.73. The predicted octanol–water partition coefficient (Wildman–Crippen LogP) is 6.08. The zero-order chi connectivity index (χ0) is 19.8. The lowest BCUT2D eigenvalue weighted by Gasteiger charge is -2.25. The smallest absolute Gasteiger partial charge is 0.221 e. The monoisotopic (exact) mass is 361 g/mol. The Labute approximate surface area is 161 Å². The minimum absolute atomic E-state index is 0.0834. The molecule has 0 aliphatic carbocycles. The van der Waals surface area contributed by atoms with Crippen LogP contribution in [0.2, 0.25) is 0 Å². The number of fused-ring (bicyclic) bond motifs is 1. The van der Waals surface area contributed by atoms with E-state index in [1.807, 2.05) is 12.1 Å². The molecule has 3 heteroatoms. The molecule has 3 aromatic carbocycles. The van der Waals surface area contributed by atoms with Gasteiger partial charge in [-0.25, -0.2) is 0 Å². The van der Waals surface area contributed by atoms with Crippen molar-refractivity contribution in [1.29, 1.82) is 0 Å². The quantitative estimate of drug-likeness (QED) is 0.614. The fourth-order valence-corrected chi connectivity index (χ4v) is 3.43. The van der Waals surface area contributed by atoms with Gasteiger partial charge in [-0.15, -0.1) is 0 Å². The topological polar surface area (TPSA) is 38.3 Å². The first-order chi connectivity index (χ1) is 12.7. The molecule has 0 saturated carbocycles. The standard InChI is InChI=1S/C24H27NO2/c1-15-7-8-18-12-19(10-9-17(18)11-15)21-13-20(25-16(2)26)14-22(23(21)27-6)24(3,4)5/h7-14H,1-6H3,(H,25,26). The van der Waals surface area contributed by atoms with E-state index in [9.17, 15) is 4.79 Å². The second kappa shape index (κ2) is 7.07. The third kappa shape index (κ3) is 3.97. The van der Waals surface area contributed by atoms with Crippen molar-refractivity contribution in [1.82, 2.24) is 0 Å². The predicted molar refractivity (Wildman–Crippen MR) is 114 cm³/mol. The van der Waals surface area contributed by atoms with Crippen molar-refractivity contribution in [2.75, 3.05) is 12.4 Å². The molecule has 0 aliphatic heterocycles. The summed E-state index contributed by atoms with van der Waals surface area (Å²) in [5.41, 5.74) is 5.03. The Balaban J connectivity index is 2.26. The Morgan fingerprint density at radius 3 is 2.26 bits per heavy atom. The molecule has 0 saturated heterocycles. The molecular weight excluding hydrogens is 334 g/mol. The summed E-state index contributed by atoms with van der Waals surface area (Å²) in [5.74, 6) is 0.767. The summed E-state index contributed by atoms with van der Waals surface area (Å²) in [4.78, 5) is 11.6. The molecule has 1 N–H and O–H groups in total. The van der Waals surface area contributed by atoms with Crippen molar-refractivity contribution in [3.8, 4) is 16.9 Å². The molecule has 0 atom stereocenters. The van der Waals surface area contributed by atoms with Gasteiger partial charge in [0.2, 0.25) is 5.91 Å². The number of ether oxygens (including phenoxy) is 1.